The van der Waals surface area contributed by atoms with Gasteiger partial charge >= 0.3 is 0 Å². The summed E-state index contributed by atoms with van der Waals surface area (Å²) < 4.78 is 25.2. The van der Waals surface area contributed by atoms with E-state index in [4.69, 9.17) is 18.9 Å². The van der Waals surface area contributed by atoms with E-state index >= 15 is 0 Å². The van der Waals surface area contributed by atoms with E-state index in [1.807, 2.05) is 97.9 Å². The van der Waals surface area contributed by atoms with Crippen molar-refractivity contribution in [2.75, 3.05) is 6.61 Å². The van der Waals surface area contributed by atoms with Gasteiger partial charge in [-0.15, -0.1) is 0 Å². The van der Waals surface area contributed by atoms with E-state index in [0.29, 0.717) is 19.8 Å². The van der Waals surface area contributed by atoms with Gasteiger partial charge in [-0.2, -0.15) is 0 Å². The Hall–Kier alpha value is -2.54. The number of hydrogen-bond acceptors (Lipinski definition) is 5. The standard InChI is InChI=1S/C28H32O5/c1-21-26(30-18-22-11-5-2-6-12-22)28(32-20-24-15-9-4-10-16-24)27(25(17-29)33-21)31-19-23-13-7-3-8-14-23/h2-16,21,25-29H,17-20H2,1H3/t21-,25?,26?,27+,28+/m0/s1. The summed E-state index contributed by atoms with van der Waals surface area (Å²) >= 11 is 0. The van der Waals surface area contributed by atoms with E-state index in [1.54, 1.807) is 0 Å². The van der Waals surface area contributed by atoms with Crippen LogP contribution in [0.15, 0.2) is 91.0 Å². The van der Waals surface area contributed by atoms with Gasteiger partial charge in [0.15, 0.2) is 0 Å². The summed E-state index contributed by atoms with van der Waals surface area (Å²) in [5, 5.41) is 10.1. The zero-order valence-electron chi connectivity index (χ0n) is 19.0. The van der Waals surface area contributed by atoms with Crippen LogP contribution in [0.25, 0.3) is 0 Å². The minimum atomic E-state index is -0.499. The topological polar surface area (TPSA) is 57.2 Å². The predicted molar refractivity (Wildman–Crippen MR) is 126 cm³/mol. The molecule has 33 heavy (non-hydrogen) atoms. The monoisotopic (exact) mass is 448 g/mol. The van der Waals surface area contributed by atoms with Crippen molar-refractivity contribution < 1.29 is 24.1 Å². The molecule has 3 aromatic carbocycles. The van der Waals surface area contributed by atoms with Crippen molar-refractivity contribution in [1.29, 1.82) is 0 Å². The first-order valence-electron chi connectivity index (χ1n) is 11.5. The molecule has 1 saturated heterocycles. The second-order valence-corrected chi connectivity index (χ2v) is 8.35. The Morgan fingerprint density at radius 1 is 0.606 bits per heavy atom. The molecule has 0 bridgehead atoms. The van der Waals surface area contributed by atoms with Crippen molar-refractivity contribution in [3.05, 3.63) is 108 Å². The smallest absolute Gasteiger partial charge is 0.115 e. The molecule has 5 nitrogen and oxygen atoms in total. The zero-order valence-corrected chi connectivity index (χ0v) is 19.0. The van der Waals surface area contributed by atoms with Gasteiger partial charge < -0.3 is 24.1 Å². The van der Waals surface area contributed by atoms with E-state index in [1.165, 1.54) is 0 Å². The van der Waals surface area contributed by atoms with Crippen LogP contribution < -0.4 is 0 Å². The molecule has 3 aromatic rings. The second kappa shape index (κ2) is 12.1. The molecule has 4 rings (SSSR count). The fourth-order valence-corrected chi connectivity index (χ4v) is 4.17. The number of benzene rings is 3. The zero-order chi connectivity index (χ0) is 22.9. The minimum Gasteiger partial charge on any atom is -0.394 e. The first-order chi connectivity index (χ1) is 16.2. The van der Waals surface area contributed by atoms with Crippen molar-refractivity contribution in [2.24, 2.45) is 0 Å². The van der Waals surface area contributed by atoms with Crippen LogP contribution in [0.3, 0.4) is 0 Å². The quantitative estimate of drug-likeness (QED) is 0.494. The summed E-state index contributed by atoms with van der Waals surface area (Å²) in [6, 6.07) is 30.1. The average Bonchev–Trinajstić information content (AvgIpc) is 2.87. The van der Waals surface area contributed by atoms with Crippen molar-refractivity contribution >= 4 is 0 Å². The minimum absolute atomic E-state index is 0.152. The molecule has 5 heteroatoms. The lowest BCUT2D eigenvalue weighted by Gasteiger charge is -2.45. The fraction of sp³-hybridized carbons (Fsp3) is 0.357. The van der Waals surface area contributed by atoms with Crippen LogP contribution in [0.1, 0.15) is 23.6 Å². The highest BCUT2D eigenvalue weighted by Crippen LogP contribution is 2.30. The number of ether oxygens (including phenoxy) is 4. The predicted octanol–water partition coefficient (Wildman–Crippen LogP) is 4.52. The molecule has 1 aliphatic rings. The van der Waals surface area contributed by atoms with Gasteiger partial charge in [-0.05, 0) is 23.6 Å². The Morgan fingerprint density at radius 3 is 1.42 bits per heavy atom. The molecule has 1 heterocycles. The maximum absolute atomic E-state index is 10.1. The Bertz CT molecular complexity index is 934. The van der Waals surface area contributed by atoms with Crippen LogP contribution in [0, 0.1) is 0 Å². The Kier molecular flexibility index (Phi) is 8.64. The van der Waals surface area contributed by atoms with Gasteiger partial charge in [0.2, 0.25) is 0 Å². The summed E-state index contributed by atoms with van der Waals surface area (Å²) in [5.41, 5.74) is 3.20. The molecular weight excluding hydrogens is 416 g/mol. The molecule has 0 spiro atoms. The van der Waals surface area contributed by atoms with Crippen molar-refractivity contribution in [3.8, 4) is 0 Å². The van der Waals surface area contributed by atoms with Crippen LogP contribution in [0.2, 0.25) is 0 Å². The summed E-state index contributed by atoms with van der Waals surface area (Å²) in [6.45, 7) is 3.08. The SMILES string of the molecule is C[C@@H]1OC(CO)[C@@H](OCc2ccccc2)[C@H](OCc2ccccc2)C1OCc1ccccc1. The number of hydrogen-bond donors (Lipinski definition) is 1. The molecule has 1 fully saturated rings. The molecule has 1 N–H and O–H groups in total. The van der Waals surface area contributed by atoms with Crippen LogP contribution in [-0.2, 0) is 38.8 Å². The summed E-state index contributed by atoms with van der Waals surface area (Å²) in [4.78, 5) is 0. The lowest BCUT2D eigenvalue weighted by Crippen LogP contribution is -2.60. The Morgan fingerprint density at radius 2 is 1.00 bits per heavy atom. The van der Waals surface area contributed by atoms with Crippen molar-refractivity contribution in [2.45, 2.75) is 57.3 Å². The van der Waals surface area contributed by atoms with Crippen molar-refractivity contribution in [3.63, 3.8) is 0 Å². The lowest BCUT2D eigenvalue weighted by atomic mass is 9.94. The van der Waals surface area contributed by atoms with Crippen LogP contribution in [-0.4, -0.2) is 42.2 Å². The van der Waals surface area contributed by atoms with E-state index in [-0.39, 0.29) is 18.8 Å². The molecule has 1 aliphatic heterocycles. The molecule has 0 radical (unpaired) electrons. The first kappa shape index (κ1) is 23.6. The number of rotatable bonds is 10. The van der Waals surface area contributed by atoms with Gasteiger partial charge in [-0.3, -0.25) is 0 Å². The molecule has 0 aliphatic carbocycles. The fourth-order valence-electron chi connectivity index (χ4n) is 4.17. The third kappa shape index (κ3) is 6.50. The van der Waals surface area contributed by atoms with Crippen LogP contribution >= 0.6 is 0 Å². The van der Waals surface area contributed by atoms with Gasteiger partial charge in [0.25, 0.3) is 0 Å². The molecule has 5 atom stereocenters. The molecule has 2 unspecified atom stereocenters. The molecular formula is C28H32O5. The highest BCUT2D eigenvalue weighted by molar-refractivity contribution is 5.15. The Balaban J connectivity index is 1.53. The third-order valence-electron chi connectivity index (χ3n) is 5.90. The van der Waals surface area contributed by atoms with Crippen LogP contribution in [0.4, 0.5) is 0 Å². The second-order valence-electron chi connectivity index (χ2n) is 8.35. The maximum Gasteiger partial charge on any atom is 0.115 e. The van der Waals surface area contributed by atoms with E-state index in [0.717, 1.165) is 16.7 Å². The van der Waals surface area contributed by atoms with Crippen LogP contribution in [0.5, 0.6) is 0 Å². The van der Waals surface area contributed by atoms with Gasteiger partial charge in [0, 0.05) is 0 Å². The summed E-state index contributed by atoms with van der Waals surface area (Å²) in [6.07, 6.45) is -1.99. The number of aliphatic hydroxyl groups is 1. The van der Waals surface area contributed by atoms with Crippen molar-refractivity contribution in [1.82, 2.24) is 0 Å². The molecule has 174 valence electrons. The molecule has 0 amide bonds. The van der Waals surface area contributed by atoms with Gasteiger partial charge in [-0.1, -0.05) is 91.0 Å². The maximum atomic E-state index is 10.1. The summed E-state index contributed by atoms with van der Waals surface area (Å²) in [7, 11) is 0. The Labute approximate surface area is 195 Å². The average molecular weight is 449 g/mol. The number of aliphatic hydroxyl groups excluding tert-OH is 1. The van der Waals surface area contributed by atoms with E-state index in [9.17, 15) is 5.11 Å². The van der Waals surface area contributed by atoms with Gasteiger partial charge in [0.1, 0.15) is 24.4 Å². The highest BCUT2D eigenvalue weighted by atomic mass is 16.6. The molecule has 0 aromatic heterocycles. The van der Waals surface area contributed by atoms with E-state index in [2.05, 4.69) is 0 Å². The lowest BCUT2D eigenvalue weighted by molar-refractivity contribution is -0.266. The van der Waals surface area contributed by atoms with E-state index < -0.39 is 18.3 Å². The third-order valence-corrected chi connectivity index (χ3v) is 5.90. The van der Waals surface area contributed by atoms with Gasteiger partial charge in [-0.25, -0.2) is 0 Å². The first-order valence-corrected chi connectivity index (χ1v) is 11.5. The van der Waals surface area contributed by atoms with Gasteiger partial charge in [0.05, 0.1) is 32.5 Å². The normalized spacial score (nSPS) is 25.1. The largest absolute Gasteiger partial charge is 0.394 e. The summed E-state index contributed by atoms with van der Waals surface area (Å²) in [5.74, 6) is 0. The highest BCUT2D eigenvalue weighted by Gasteiger charge is 2.46. The molecule has 0 saturated carbocycles.